The highest BCUT2D eigenvalue weighted by molar-refractivity contribution is 7.92. The molecule has 42 heavy (non-hydrogen) atoms. The molecule has 0 bridgehead atoms. The first-order valence-electron chi connectivity index (χ1n) is 12.3. The van der Waals surface area contributed by atoms with E-state index in [1.54, 1.807) is 49.4 Å². The fourth-order valence-corrected chi connectivity index (χ4v) is 5.48. The van der Waals surface area contributed by atoms with Crippen molar-refractivity contribution in [1.82, 2.24) is 30.0 Å². The molecule has 0 amide bonds. The number of nitrogens with zero attached hydrogens (tertiary/aromatic N) is 5. The van der Waals surface area contributed by atoms with Gasteiger partial charge in [0.25, 0.3) is 10.0 Å². The van der Waals surface area contributed by atoms with E-state index in [-0.39, 0.29) is 16.0 Å². The van der Waals surface area contributed by atoms with E-state index in [9.17, 15) is 8.42 Å². The quantitative estimate of drug-likeness (QED) is 0.128. The number of hydrogen-bond donors (Lipinski definition) is 5. The Morgan fingerprint density at radius 3 is 2.43 bits per heavy atom. The molecule has 0 unspecified atom stereocenters. The molecule has 0 atom stereocenters. The zero-order valence-electron chi connectivity index (χ0n) is 22.1. The van der Waals surface area contributed by atoms with Gasteiger partial charge in [-0.15, -0.1) is 4.68 Å². The molecule has 5 N–H and O–H groups in total. The molecular formula is C26H23N10O4S2+. The van der Waals surface area contributed by atoms with Gasteiger partial charge in [0.2, 0.25) is 12.3 Å². The fourth-order valence-electron chi connectivity index (χ4n) is 4.30. The van der Waals surface area contributed by atoms with Gasteiger partial charge in [-0.3, -0.25) is 0 Å². The second-order valence-corrected chi connectivity index (χ2v) is 10.9. The van der Waals surface area contributed by atoms with Crippen LogP contribution in [0.25, 0.3) is 27.8 Å². The summed E-state index contributed by atoms with van der Waals surface area (Å²) in [7, 11) is -0.682. The number of sulfonamides is 1. The topological polar surface area (TPSA) is 176 Å². The van der Waals surface area contributed by atoms with E-state index in [0.717, 1.165) is 16.3 Å². The van der Waals surface area contributed by atoms with Gasteiger partial charge in [-0.1, -0.05) is 0 Å². The number of hydrogen-bond acceptors (Lipinski definition) is 9. The Bertz CT molecular complexity index is 2030. The zero-order valence-corrected chi connectivity index (χ0v) is 23.7. The van der Waals surface area contributed by atoms with Crippen LogP contribution < -0.4 is 29.5 Å². The van der Waals surface area contributed by atoms with Crippen molar-refractivity contribution < 1.29 is 22.6 Å². The lowest BCUT2D eigenvalue weighted by Gasteiger charge is -2.10. The van der Waals surface area contributed by atoms with Crippen molar-refractivity contribution in [3.63, 3.8) is 0 Å². The van der Waals surface area contributed by atoms with E-state index < -0.39 is 10.0 Å². The Morgan fingerprint density at radius 2 is 1.69 bits per heavy atom. The predicted molar refractivity (Wildman–Crippen MR) is 160 cm³/mol. The average Bonchev–Trinajstić information content (AvgIpc) is 3.61. The molecule has 0 fully saturated rings. The zero-order chi connectivity index (χ0) is 29.3. The second-order valence-electron chi connectivity index (χ2n) is 8.79. The smallest absolute Gasteiger partial charge is 0.359 e. The minimum atomic E-state index is -3.85. The summed E-state index contributed by atoms with van der Waals surface area (Å²) < 4.78 is 40.2. The van der Waals surface area contributed by atoms with Crippen LogP contribution in [0.2, 0.25) is 0 Å². The standard InChI is InChI=1S/C26H22N10O4S2/c1-39-19-12-17-18(13-20(19)40-2)32-23-22(17)24(30-14-29-23)36-11-8-21(34-36)33-26(41)31-15-4-6-16(7-5-15)42(37,38)35-25-27-9-3-10-28-25/h3-14H,1-2H3,(H4,27,28,29,30,31,32,33,34,35,41)/p+1. The molecule has 0 radical (unpaired) electrons. The van der Waals surface area contributed by atoms with Gasteiger partial charge in [-0.05, 0) is 53.6 Å². The Labute approximate surface area is 244 Å². The number of aromatic nitrogens is 7. The monoisotopic (exact) mass is 603 g/mol. The van der Waals surface area contributed by atoms with Crippen molar-refractivity contribution in [2.45, 2.75) is 4.90 Å². The van der Waals surface area contributed by atoms with E-state index in [0.29, 0.717) is 34.5 Å². The number of nitrogens with one attached hydrogen (secondary N) is 5. The molecule has 16 heteroatoms. The lowest BCUT2D eigenvalue weighted by atomic mass is 10.2. The van der Waals surface area contributed by atoms with Crippen LogP contribution in [0.15, 0.2) is 78.3 Å². The minimum Gasteiger partial charge on any atom is -0.493 e. The lowest BCUT2D eigenvalue weighted by molar-refractivity contribution is -0.656. The molecule has 0 saturated heterocycles. The number of aromatic amines is 2. The van der Waals surface area contributed by atoms with Gasteiger partial charge in [-0.2, -0.15) is 4.98 Å². The largest absolute Gasteiger partial charge is 0.493 e. The third-order valence-electron chi connectivity index (χ3n) is 6.19. The highest BCUT2D eigenvalue weighted by Crippen LogP contribution is 2.36. The van der Waals surface area contributed by atoms with Crippen LogP contribution in [0, 0.1) is 0 Å². The summed E-state index contributed by atoms with van der Waals surface area (Å²) >= 11 is 5.46. The summed E-state index contributed by atoms with van der Waals surface area (Å²) in [6, 6.07) is 13.2. The second kappa shape index (κ2) is 10.9. The van der Waals surface area contributed by atoms with Gasteiger partial charge in [-0.25, -0.2) is 28.2 Å². The maximum Gasteiger partial charge on any atom is 0.359 e. The molecule has 0 aliphatic rings. The van der Waals surface area contributed by atoms with Crippen molar-refractivity contribution in [3.05, 3.63) is 73.4 Å². The summed E-state index contributed by atoms with van der Waals surface area (Å²) in [5.74, 6) is 2.37. The molecule has 14 nitrogen and oxygen atoms in total. The Kier molecular flexibility index (Phi) is 6.97. The van der Waals surface area contributed by atoms with Crippen molar-refractivity contribution in [3.8, 4) is 17.3 Å². The molecule has 212 valence electrons. The van der Waals surface area contributed by atoms with E-state index in [4.69, 9.17) is 21.7 Å². The van der Waals surface area contributed by atoms with Crippen LogP contribution in [-0.4, -0.2) is 57.8 Å². The van der Waals surface area contributed by atoms with Crippen molar-refractivity contribution >= 4 is 66.7 Å². The number of ether oxygens (including phenoxy) is 2. The number of fused-ring (bicyclic) bond motifs is 3. The van der Waals surface area contributed by atoms with Crippen molar-refractivity contribution in [2.24, 2.45) is 0 Å². The summed E-state index contributed by atoms with van der Waals surface area (Å²) in [6.07, 6.45) is 6.17. The van der Waals surface area contributed by atoms with Gasteiger partial charge < -0.3 is 25.1 Å². The van der Waals surface area contributed by atoms with Crippen LogP contribution in [0.5, 0.6) is 11.5 Å². The Morgan fingerprint density at radius 1 is 0.952 bits per heavy atom. The molecule has 6 aromatic rings. The summed E-state index contributed by atoms with van der Waals surface area (Å²) in [6.45, 7) is 0. The Hall–Kier alpha value is -5.35. The minimum absolute atomic E-state index is 0.0133. The lowest BCUT2D eigenvalue weighted by Crippen LogP contribution is -2.34. The maximum absolute atomic E-state index is 12.6. The highest BCUT2D eigenvalue weighted by Gasteiger charge is 2.22. The molecule has 0 saturated carbocycles. The maximum atomic E-state index is 12.6. The SMILES string of the molecule is COc1cc2[nH]c3ncnc(-[n+]4ccc(NC(=S)Nc5ccc(S(=O)(=O)Nc6ncccn6)cc5)[nH]4)c3c2cc1OC. The Balaban J connectivity index is 1.18. The molecular weight excluding hydrogens is 580 g/mol. The number of benzene rings is 2. The summed E-state index contributed by atoms with van der Waals surface area (Å²) in [5, 5.41) is 11.3. The number of H-pyrrole nitrogens is 2. The van der Waals surface area contributed by atoms with Crippen LogP contribution in [0.4, 0.5) is 17.5 Å². The number of rotatable bonds is 8. The first-order valence-corrected chi connectivity index (χ1v) is 14.2. The van der Waals surface area contributed by atoms with Crippen LogP contribution >= 0.6 is 12.2 Å². The van der Waals surface area contributed by atoms with Gasteiger partial charge in [0.15, 0.2) is 22.3 Å². The molecule has 0 aliphatic heterocycles. The fraction of sp³-hybridized carbons (Fsp3) is 0.0769. The van der Waals surface area contributed by atoms with Gasteiger partial charge in [0.1, 0.15) is 17.4 Å². The van der Waals surface area contributed by atoms with E-state index in [1.807, 2.05) is 12.1 Å². The summed E-state index contributed by atoms with van der Waals surface area (Å²) in [5.41, 5.74) is 2.06. The first-order chi connectivity index (χ1) is 20.3. The molecule has 2 aromatic carbocycles. The van der Waals surface area contributed by atoms with E-state index in [1.165, 1.54) is 30.9 Å². The third kappa shape index (κ3) is 5.23. The number of methoxy groups -OCH3 is 2. The normalized spacial score (nSPS) is 11.4. The van der Waals surface area contributed by atoms with Crippen LogP contribution in [0.3, 0.4) is 0 Å². The van der Waals surface area contributed by atoms with E-state index in [2.05, 4.69) is 45.4 Å². The predicted octanol–water partition coefficient (Wildman–Crippen LogP) is 3.13. The van der Waals surface area contributed by atoms with Crippen molar-refractivity contribution in [1.29, 1.82) is 0 Å². The molecule has 4 aromatic heterocycles. The average molecular weight is 604 g/mol. The summed E-state index contributed by atoms with van der Waals surface area (Å²) in [4.78, 5) is 20.0. The molecule has 0 spiro atoms. The van der Waals surface area contributed by atoms with Gasteiger partial charge in [0, 0.05) is 35.6 Å². The van der Waals surface area contributed by atoms with Crippen LogP contribution in [0.1, 0.15) is 0 Å². The van der Waals surface area contributed by atoms with Crippen LogP contribution in [-0.2, 0) is 10.0 Å². The third-order valence-corrected chi connectivity index (χ3v) is 7.74. The van der Waals surface area contributed by atoms with Crippen molar-refractivity contribution in [2.75, 3.05) is 29.6 Å². The van der Waals surface area contributed by atoms with Gasteiger partial charge in [0.05, 0.1) is 24.6 Å². The highest BCUT2D eigenvalue weighted by atomic mass is 32.2. The van der Waals surface area contributed by atoms with E-state index >= 15 is 0 Å². The number of anilines is 3. The first kappa shape index (κ1) is 26.9. The van der Waals surface area contributed by atoms with Gasteiger partial charge >= 0.3 is 5.82 Å². The molecule has 4 heterocycles. The molecule has 0 aliphatic carbocycles. The number of thiocarbonyl (C=S) groups is 1. The molecule has 6 rings (SSSR count).